The number of carbonyl (C=O) groups is 1. The number of piperazine rings is 1. The largest absolute Gasteiger partial charge is 0.460 e. The van der Waals surface area contributed by atoms with Crippen LogP contribution in [0.1, 0.15) is 19.1 Å². The molecule has 3 heterocycles. The third-order valence-corrected chi connectivity index (χ3v) is 5.77. The number of hydrogen-bond acceptors (Lipinski definition) is 5. The van der Waals surface area contributed by atoms with E-state index in [0.29, 0.717) is 19.6 Å². The molecule has 0 aliphatic carbocycles. The minimum Gasteiger partial charge on any atom is -0.460 e. The highest BCUT2D eigenvalue weighted by atomic mass is 16.5. The Balaban J connectivity index is 1.38. The molecule has 0 bridgehead atoms. The Hall–Kier alpha value is -1.89. The molecule has 27 heavy (non-hydrogen) atoms. The van der Waals surface area contributed by atoms with E-state index in [1.807, 2.05) is 23.1 Å². The number of fused-ring (bicyclic) bond motifs is 1. The molecule has 6 nitrogen and oxygen atoms in total. The highest BCUT2D eigenvalue weighted by Crippen LogP contribution is 2.22. The molecule has 1 aromatic heterocycles. The van der Waals surface area contributed by atoms with Crippen molar-refractivity contribution in [2.45, 2.75) is 25.9 Å². The van der Waals surface area contributed by atoms with Crippen LogP contribution in [0.4, 0.5) is 0 Å². The summed E-state index contributed by atoms with van der Waals surface area (Å²) in [6.07, 6.45) is 0.520. The molecule has 146 valence electrons. The SMILES string of the molecule is CCN1CCN(C(=O)CC2COCCN2Cc2cc3ccccc3o2)CC1. The smallest absolute Gasteiger partial charge is 0.224 e. The van der Waals surface area contributed by atoms with Crippen LogP contribution in [-0.4, -0.2) is 79.1 Å². The summed E-state index contributed by atoms with van der Waals surface area (Å²) in [7, 11) is 0. The number of morpholine rings is 1. The topological polar surface area (TPSA) is 49.2 Å². The van der Waals surface area contributed by atoms with Gasteiger partial charge in [-0.1, -0.05) is 25.1 Å². The molecule has 2 aliphatic heterocycles. The lowest BCUT2D eigenvalue weighted by atomic mass is 10.1. The molecule has 2 aliphatic rings. The van der Waals surface area contributed by atoms with Gasteiger partial charge in [-0.3, -0.25) is 9.69 Å². The summed E-state index contributed by atoms with van der Waals surface area (Å²) in [5.41, 5.74) is 0.919. The molecule has 0 saturated carbocycles. The Morgan fingerprint density at radius 3 is 2.74 bits per heavy atom. The zero-order valence-corrected chi connectivity index (χ0v) is 16.1. The van der Waals surface area contributed by atoms with E-state index in [1.54, 1.807) is 0 Å². The first-order chi connectivity index (χ1) is 13.2. The van der Waals surface area contributed by atoms with Gasteiger partial charge in [0.15, 0.2) is 0 Å². The Bertz CT molecular complexity index is 734. The van der Waals surface area contributed by atoms with Crippen LogP contribution in [0.2, 0.25) is 0 Å². The maximum Gasteiger partial charge on any atom is 0.224 e. The summed E-state index contributed by atoms with van der Waals surface area (Å²) < 4.78 is 11.7. The number of hydrogen-bond donors (Lipinski definition) is 0. The number of benzene rings is 1. The molecule has 1 aromatic carbocycles. The van der Waals surface area contributed by atoms with Crippen molar-refractivity contribution in [1.82, 2.24) is 14.7 Å². The molecule has 0 radical (unpaired) electrons. The molecule has 2 fully saturated rings. The standard InChI is InChI=1S/C21H29N3O3/c1-2-22-7-9-23(10-8-22)21(25)14-18-16-26-12-11-24(18)15-19-13-17-5-3-4-6-20(17)27-19/h3-6,13,18H,2,7-12,14-16H2,1H3. The first kappa shape index (κ1) is 18.5. The van der Waals surface area contributed by atoms with Crippen LogP contribution < -0.4 is 0 Å². The van der Waals surface area contributed by atoms with E-state index in [4.69, 9.17) is 9.15 Å². The van der Waals surface area contributed by atoms with Crippen molar-refractivity contribution in [1.29, 1.82) is 0 Å². The third kappa shape index (κ3) is 4.34. The minimum absolute atomic E-state index is 0.115. The summed E-state index contributed by atoms with van der Waals surface area (Å²) in [6, 6.07) is 10.3. The van der Waals surface area contributed by atoms with E-state index in [2.05, 4.69) is 28.9 Å². The van der Waals surface area contributed by atoms with Gasteiger partial charge < -0.3 is 19.0 Å². The first-order valence-corrected chi connectivity index (χ1v) is 10.0. The fourth-order valence-electron chi connectivity index (χ4n) is 4.04. The van der Waals surface area contributed by atoms with Crippen molar-refractivity contribution in [3.05, 3.63) is 36.1 Å². The van der Waals surface area contributed by atoms with Crippen molar-refractivity contribution in [3.63, 3.8) is 0 Å². The summed E-state index contributed by atoms with van der Waals surface area (Å²) in [6.45, 7) is 9.74. The van der Waals surface area contributed by atoms with Gasteiger partial charge in [0, 0.05) is 50.6 Å². The van der Waals surface area contributed by atoms with E-state index in [-0.39, 0.29) is 11.9 Å². The highest BCUT2D eigenvalue weighted by molar-refractivity contribution is 5.78. The number of amides is 1. The Kier molecular flexibility index (Phi) is 5.76. The molecular formula is C21H29N3O3. The molecule has 1 atom stereocenters. The van der Waals surface area contributed by atoms with E-state index in [9.17, 15) is 4.79 Å². The second-order valence-electron chi connectivity index (χ2n) is 7.47. The zero-order valence-electron chi connectivity index (χ0n) is 16.1. The van der Waals surface area contributed by atoms with Crippen molar-refractivity contribution >= 4 is 16.9 Å². The van der Waals surface area contributed by atoms with E-state index >= 15 is 0 Å². The normalized spacial score (nSPS) is 22.4. The van der Waals surface area contributed by atoms with Gasteiger partial charge in [0.05, 0.1) is 19.8 Å². The summed E-state index contributed by atoms with van der Waals surface area (Å²) in [5.74, 6) is 1.20. The predicted octanol–water partition coefficient (Wildman–Crippen LogP) is 2.19. The highest BCUT2D eigenvalue weighted by Gasteiger charge is 2.29. The van der Waals surface area contributed by atoms with Gasteiger partial charge in [0.25, 0.3) is 0 Å². The average molecular weight is 371 g/mol. The van der Waals surface area contributed by atoms with E-state index in [1.165, 1.54) is 0 Å². The fraction of sp³-hybridized carbons (Fsp3) is 0.571. The van der Waals surface area contributed by atoms with Crippen LogP contribution in [0.3, 0.4) is 0 Å². The van der Waals surface area contributed by atoms with Crippen LogP contribution in [-0.2, 0) is 16.1 Å². The Labute approximate surface area is 160 Å². The predicted molar refractivity (Wildman–Crippen MR) is 105 cm³/mol. The van der Waals surface area contributed by atoms with Gasteiger partial charge in [0.1, 0.15) is 11.3 Å². The van der Waals surface area contributed by atoms with Crippen LogP contribution in [0, 0.1) is 0 Å². The number of nitrogens with zero attached hydrogens (tertiary/aromatic N) is 3. The molecule has 6 heteroatoms. The third-order valence-electron chi connectivity index (χ3n) is 5.77. The number of ether oxygens (including phenoxy) is 1. The minimum atomic E-state index is 0.115. The van der Waals surface area contributed by atoms with Gasteiger partial charge in [-0.25, -0.2) is 0 Å². The van der Waals surface area contributed by atoms with Gasteiger partial charge in [-0.2, -0.15) is 0 Å². The Morgan fingerprint density at radius 2 is 1.96 bits per heavy atom. The van der Waals surface area contributed by atoms with Crippen molar-refractivity contribution in [2.75, 3.05) is 52.5 Å². The van der Waals surface area contributed by atoms with Gasteiger partial charge in [-0.15, -0.1) is 0 Å². The molecule has 2 aromatic rings. The van der Waals surface area contributed by atoms with Crippen LogP contribution >= 0.6 is 0 Å². The molecule has 1 unspecified atom stereocenters. The lowest BCUT2D eigenvalue weighted by Crippen LogP contribution is -2.51. The fourth-order valence-corrected chi connectivity index (χ4v) is 4.04. The summed E-state index contributed by atoms with van der Waals surface area (Å²) in [4.78, 5) is 19.5. The number of carbonyl (C=O) groups excluding carboxylic acids is 1. The number of rotatable bonds is 5. The maximum absolute atomic E-state index is 12.8. The molecule has 0 spiro atoms. The van der Waals surface area contributed by atoms with Crippen LogP contribution in [0.25, 0.3) is 11.0 Å². The van der Waals surface area contributed by atoms with E-state index in [0.717, 1.165) is 62.5 Å². The molecular weight excluding hydrogens is 342 g/mol. The van der Waals surface area contributed by atoms with Gasteiger partial charge in [0.2, 0.25) is 5.91 Å². The van der Waals surface area contributed by atoms with Crippen molar-refractivity contribution in [3.8, 4) is 0 Å². The summed E-state index contributed by atoms with van der Waals surface area (Å²) in [5, 5.41) is 1.13. The average Bonchev–Trinajstić information content (AvgIpc) is 3.12. The molecule has 4 rings (SSSR count). The first-order valence-electron chi connectivity index (χ1n) is 10.0. The lowest BCUT2D eigenvalue weighted by molar-refractivity contribution is -0.136. The molecule has 1 amide bonds. The van der Waals surface area contributed by atoms with Gasteiger partial charge in [-0.05, 0) is 18.7 Å². The second-order valence-corrected chi connectivity index (χ2v) is 7.47. The van der Waals surface area contributed by atoms with E-state index < -0.39 is 0 Å². The van der Waals surface area contributed by atoms with Crippen LogP contribution in [0.15, 0.2) is 34.7 Å². The monoisotopic (exact) mass is 371 g/mol. The maximum atomic E-state index is 12.8. The zero-order chi connectivity index (χ0) is 18.6. The second kappa shape index (κ2) is 8.42. The molecule has 2 saturated heterocycles. The van der Waals surface area contributed by atoms with Crippen molar-refractivity contribution in [2.24, 2.45) is 0 Å². The number of furan rings is 1. The summed E-state index contributed by atoms with van der Waals surface area (Å²) >= 11 is 0. The van der Waals surface area contributed by atoms with Crippen LogP contribution in [0.5, 0.6) is 0 Å². The van der Waals surface area contributed by atoms with Gasteiger partial charge >= 0.3 is 0 Å². The molecule has 0 N–H and O–H groups in total. The van der Waals surface area contributed by atoms with Crippen molar-refractivity contribution < 1.29 is 13.9 Å². The quantitative estimate of drug-likeness (QED) is 0.806. The number of likely N-dealkylation sites (N-methyl/N-ethyl adjacent to an activating group) is 1. The lowest BCUT2D eigenvalue weighted by Gasteiger charge is -2.38. The Morgan fingerprint density at radius 1 is 1.15 bits per heavy atom. The number of para-hydroxylation sites is 1.